The summed E-state index contributed by atoms with van der Waals surface area (Å²) in [4.78, 5) is 21.1. The fraction of sp³-hybridized carbons (Fsp3) is 0.577. The van der Waals surface area contributed by atoms with Crippen LogP contribution in [0.15, 0.2) is 34.5 Å². The highest BCUT2D eigenvalue weighted by Gasteiger charge is 2.34. The van der Waals surface area contributed by atoms with Crippen molar-refractivity contribution in [1.29, 1.82) is 0 Å². The van der Waals surface area contributed by atoms with Crippen molar-refractivity contribution < 1.29 is 32.6 Å². The van der Waals surface area contributed by atoms with Gasteiger partial charge in [-0.05, 0) is 43.4 Å². The third-order valence-corrected chi connectivity index (χ3v) is 7.90. The van der Waals surface area contributed by atoms with Gasteiger partial charge in [-0.15, -0.1) is 11.3 Å². The third-order valence-electron chi connectivity index (χ3n) is 6.46. The van der Waals surface area contributed by atoms with Crippen molar-refractivity contribution in [3.05, 3.63) is 45.2 Å². The number of likely N-dealkylation sites (tertiary alicyclic amines) is 1. The van der Waals surface area contributed by atoms with Crippen LogP contribution >= 0.6 is 11.3 Å². The molecule has 208 valence electrons. The van der Waals surface area contributed by atoms with Crippen LogP contribution in [0, 0.1) is 0 Å². The number of amides is 1. The second-order valence-electron chi connectivity index (χ2n) is 10.8. The molecule has 1 aromatic carbocycles. The molecule has 2 aromatic rings. The standard InChI is InChI=1S/C26H33F3N4O4S/c1-16(31-35)11-32-12-19(13-32)37-21-8-7-17(26(27,28)29)10-20(21)23(34)30-24-33(14-18-6-5-9-36-18)15-22(38-24)25(2,3)4/h7-8,10,15,18-19,35H,5-6,9,11-14H2,1-4H3/b30-24-,31-16+/t18-/m1/s1. The molecule has 4 rings (SSSR count). The van der Waals surface area contributed by atoms with E-state index in [0.717, 1.165) is 29.9 Å². The number of hydrogen-bond donors (Lipinski definition) is 1. The molecule has 1 aromatic heterocycles. The number of carbonyl (C=O) groups excluding carboxylic acids is 1. The zero-order chi connectivity index (χ0) is 27.7. The van der Waals surface area contributed by atoms with Gasteiger partial charge in [-0.3, -0.25) is 9.69 Å². The van der Waals surface area contributed by atoms with Crippen LogP contribution in [0.3, 0.4) is 0 Å². The summed E-state index contributed by atoms with van der Waals surface area (Å²) in [6.45, 7) is 10.5. The highest BCUT2D eigenvalue weighted by atomic mass is 32.1. The summed E-state index contributed by atoms with van der Waals surface area (Å²) < 4.78 is 54.1. The number of halogens is 3. The Hall–Kier alpha value is -2.70. The molecule has 1 amide bonds. The lowest BCUT2D eigenvalue weighted by atomic mass is 9.95. The number of benzene rings is 1. The molecule has 2 fully saturated rings. The summed E-state index contributed by atoms with van der Waals surface area (Å²) in [5.74, 6) is -0.740. The number of hydrogen-bond acceptors (Lipinski definition) is 7. The van der Waals surface area contributed by atoms with Gasteiger partial charge < -0.3 is 19.2 Å². The van der Waals surface area contributed by atoms with Crippen LogP contribution in [-0.2, 0) is 22.9 Å². The van der Waals surface area contributed by atoms with E-state index >= 15 is 0 Å². The van der Waals surface area contributed by atoms with Gasteiger partial charge in [-0.1, -0.05) is 25.9 Å². The smallest absolute Gasteiger partial charge is 0.416 e. The number of nitrogens with zero attached hydrogens (tertiary/aromatic N) is 4. The molecule has 8 nitrogen and oxygen atoms in total. The highest BCUT2D eigenvalue weighted by Crippen LogP contribution is 2.34. The Labute approximate surface area is 223 Å². The molecule has 1 atom stereocenters. The average molecular weight is 555 g/mol. The molecule has 0 bridgehead atoms. The van der Waals surface area contributed by atoms with Crippen molar-refractivity contribution in [3.8, 4) is 5.75 Å². The minimum Gasteiger partial charge on any atom is -0.487 e. The second-order valence-corrected chi connectivity index (χ2v) is 11.8. The molecule has 0 radical (unpaired) electrons. The zero-order valence-corrected chi connectivity index (χ0v) is 22.7. The van der Waals surface area contributed by atoms with Crippen molar-refractivity contribution in [2.45, 2.75) is 70.9 Å². The first-order chi connectivity index (χ1) is 17.8. The molecule has 38 heavy (non-hydrogen) atoms. The van der Waals surface area contributed by atoms with E-state index in [9.17, 15) is 18.0 Å². The van der Waals surface area contributed by atoms with Crippen molar-refractivity contribution in [1.82, 2.24) is 9.47 Å². The van der Waals surface area contributed by atoms with Crippen LogP contribution in [0.5, 0.6) is 5.75 Å². The number of carbonyl (C=O) groups is 1. The fourth-order valence-electron chi connectivity index (χ4n) is 4.34. The minimum atomic E-state index is -4.62. The van der Waals surface area contributed by atoms with E-state index in [-0.39, 0.29) is 28.9 Å². The highest BCUT2D eigenvalue weighted by molar-refractivity contribution is 7.09. The van der Waals surface area contributed by atoms with Crippen LogP contribution in [-0.4, -0.2) is 64.7 Å². The van der Waals surface area contributed by atoms with Gasteiger partial charge in [0.25, 0.3) is 5.91 Å². The van der Waals surface area contributed by atoms with E-state index in [0.29, 0.717) is 43.3 Å². The zero-order valence-electron chi connectivity index (χ0n) is 21.9. The maximum atomic E-state index is 13.5. The average Bonchev–Trinajstić information content (AvgIpc) is 3.47. The third kappa shape index (κ3) is 6.83. The number of thiazole rings is 1. The summed E-state index contributed by atoms with van der Waals surface area (Å²) >= 11 is 1.34. The molecule has 2 aliphatic heterocycles. The molecule has 2 saturated heterocycles. The van der Waals surface area contributed by atoms with E-state index in [2.05, 4.69) is 30.9 Å². The van der Waals surface area contributed by atoms with Crippen LogP contribution in [0.1, 0.15) is 61.3 Å². The molecule has 3 heterocycles. The van der Waals surface area contributed by atoms with E-state index in [1.165, 1.54) is 17.4 Å². The monoisotopic (exact) mass is 554 g/mol. The lowest BCUT2D eigenvalue weighted by Crippen LogP contribution is -2.55. The summed E-state index contributed by atoms with van der Waals surface area (Å²) in [5.41, 5.74) is -0.836. The topological polar surface area (TPSA) is 88.7 Å². The van der Waals surface area contributed by atoms with Gasteiger partial charge in [0.15, 0.2) is 4.80 Å². The fourth-order valence-corrected chi connectivity index (χ4v) is 5.39. The first kappa shape index (κ1) is 28.3. The molecule has 0 saturated carbocycles. The Morgan fingerprint density at radius 3 is 2.61 bits per heavy atom. The van der Waals surface area contributed by atoms with Crippen LogP contribution < -0.4 is 9.54 Å². The minimum absolute atomic E-state index is 0.000000629. The molecular formula is C26H33F3N4O4S. The predicted molar refractivity (Wildman–Crippen MR) is 137 cm³/mol. The summed E-state index contributed by atoms with van der Waals surface area (Å²) in [6, 6.07) is 2.90. The Morgan fingerprint density at radius 1 is 1.26 bits per heavy atom. The second kappa shape index (κ2) is 11.2. The van der Waals surface area contributed by atoms with Gasteiger partial charge in [0, 0.05) is 37.3 Å². The van der Waals surface area contributed by atoms with Crippen LogP contribution in [0.4, 0.5) is 13.2 Å². The van der Waals surface area contributed by atoms with Gasteiger partial charge >= 0.3 is 6.18 Å². The molecule has 0 aliphatic carbocycles. The molecule has 1 N–H and O–H groups in total. The Balaban J connectivity index is 1.65. The van der Waals surface area contributed by atoms with Gasteiger partial charge in [0.05, 0.1) is 29.5 Å². The summed E-state index contributed by atoms with van der Waals surface area (Å²) in [7, 11) is 0. The number of aromatic nitrogens is 1. The van der Waals surface area contributed by atoms with Crippen molar-refractivity contribution in [2.24, 2.45) is 10.1 Å². The predicted octanol–water partition coefficient (Wildman–Crippen LogP) is 4.70. The van der Waals surface area contributed by atoms with Crippen LogP contribution in [0.25, 0.3) is 0 Å². The summed E-state index contributed by atoms with van der Waals surface area (Å²) in [6.07, 6.45) is -1.13. The molecule has 0 unspecified atom stereocenters. The first-order valence-corrected chi connectivity index (χ1v) is 13.3. The largest absolute Gasteiger partial charge is 0.487 e. The summed E-state index contributed by atoms with van der Waals surface area (Å²) in [5, 5.41) is 12.0. The van der Waals surface area contributed by atoms with Gasteiger partial charge in [0.2, 0.25) is 0 Å². The van der Waals surface area contributed by atoms with E-state index < -0.39 is 17.6 Å². The van der Waals surface area contributed by atoms with E-state index in [1.807, 2.05) is 15.7 Å². The number of rotatable bonds is 7. The van der Waals surface area contributed by atoms with Gasteiger partial charge in [-0.2, -0.15) is 18.2 Å². The van der Waals surface area contributed by atoms with Crippen LogP contribution in [0.2, 0.25) is 0 Å². The Kier molecular flexibility index (Phi) is 8.34. The quantitative estimate of drug-likeness (QED) is 0.305. The molecule has 12 heteroatoms. The normalized spacial score (nSPS) is 20.1. The lowest BCUT2D eigenvalue weighted by Gasteiger charge is -2.38. The molecular weight excluding hydrogens is 521 g/mol. The maximum absolute atomic E-state index is 13.5. The number of ether oxygens (including phenoxy) is 2. The molecule has 0 spiro atoms. The van der Waals surface area contributed by atoms with Gasteiger partial charge in [0.1, 0.15) is 11.9 Å². The Morgan fingerprint density at radius 2 is 2.00 bits per heavy atom. The van der Waals surface area contributed by atoms with Crippen molar-refractivity contribution >= 4 is 23.0 Å². The maximum Gasteiger partial charge on any atom is 0.416 e. The van der Waals surface area contributed by atoms with E-state index in [1.54, 1.807) is 6.92 Å². The van der Waals surface area contributed by atoms with Crippen molar-refractivity contribution in [2.75, 3.05) is 26.2 Å². The van der Waals surface area contributed by atoms with Crippen molar-refractivity contribution in [3.63, 3.8) is 0 Å². The molecule has 2 aliphatic rings. The number of alkyl halides is 3. The van der Waals surface area contributed by atoms with E-state index in [4.69, 9.17) is 14.7 Å². The first-order valence-electron chi connectivity index (χ1n) is 12.5. The Bertz CT molecular complexity index is 1250. The SMILES string of the molecule is C/C(CN1CC(Oc2ccc(C(F)(F)F)cc2C(=O)/N=c2\sc(C(C)(C)C)cn2C[C@H]2CCCO2)C1)=N\O. The lowest BCUT2D eigenvalue weighted by molar-refractivity contribution is -0.137. The van der Waals surface area contributed by atoms with Gasteiger partial charge in [-0.25, -0.2) is 0 Å². The number of oxime groups is 1.